The van der Waals surface area contributed by atoms with Gasteiger partial charge in [-0.1, -0.05) is 24.3 Å². The second-order valence-electron chi connectivity index (χ2n) is 8.32. The minimum Gasteiger partial charge on any atom is -0.497 e. The van der Waals surface area contributed by atoms with Crippen LogP contribution in [0.5, 0.6) is 11.5 Å². The van der Waals surface area contributed by atoms with E-state index < -0.39 is 23.0 Å². The highest BCUT2D eigenvalue weighted by molar-refractivity contribution is 8.18. The molecule has 3 amide bonds. The third-order valence-electron chi connectivity index (χ3n) is 5.56. The van der Waals surface area contributed by atoms with Crippen LogP contribution in [0.15, 0.2) is 71.6 Å². The fraction of sp³-hybridized carbons (Fsp3) is 0.143. The molecule has 4 rings (SSSR count). The van der Waals surface area contributed by atoms with Crippen LogP contribution in [0.2, 0.25) is 0 Å². The van der Waals surface area contributed by atoms with Crippen molar-refractivity contribution in [1.29, 1.82) is 0 Å². The first-order valence-corrected chi connectivity index (χ1v) is 12.1. The van der Waals surface area contributed by atoms with Crippen LogP contribution in [0.25, 0.3) is 6.08 Å². The third kappa shape index (κ3) is 6.25. The predicted octanol–water partition coefficient (Wildman–Crippen LogP) is 5.21. The topological polar surface area (TPSA) is 102 Å². The van der Waals surface area contributed by atoms with Crippen LogP contribution in [0.3, 0.4) is 0 Å². The molecule has 0 radical (unpaired) electrons. The highest BCUT2D eigenvalue weighted by Crippen LogP contribution is 2.32. The van der Waals surface area contributed by atoms with E-state index in [-0.39, 0.29) is 11.4 Å². The molecule has 0 saturated carbocycles. The van der Waals surface area contributed by atoms with Crippen molar-refractivity contribution in [1.82, 2.24) is 4.90 Å². The first-order valence-electron chi connectivity index (χ1n) is 11.3. The number of carbonyl (C=O) groups is 4. The monoisotopic (exact) mass is 516 g/mol. The molecule has 0 aliphatic carbocycles. The summed E-state index contributed by atoms with van der Waals surface area (Å²) in [5.74, 6) is -0.557. The molecular weight excluding hydrogens is 492 g/mol. The minimum absolute atomic E-state index is 0.201. The molecule has 1 aliphatic rings. The van der Waals surface area contributed by atoms with Gasteiger partial charge in [-0.3, -0.25) is 19.3 Å². The van der Waals surface area contributed by atoms with Gasteiger partial charge >= 0.3 is 5.97 Å². The lowest BCUT2D eigenvalue weighted by molar-refractivity contribution is -0.127. The van der Waals surface area contributed by atoms with Crippen molar-refractivity contribution in [2.24, 2.45) is 0 Å². The number of ether oxygens (including phenoxy) is 2. The van der Waals surface area contributed by atoms with Crippen LogP contribution in [0, 0.1) is 13.8 Å². The largest absolute Gasteiger partial charge is 0.497 e. The lowest BCUT2D eigenvalue weighted by atomic mass is 10.1. The van der Waals surface area contributed by atoms with Crippen LogP contribution in [-0.4, -0.2) is 41.6 Å². The van der Waals surface area contributed by atoms with Crippen LogP contribution >= 0.6 is 11.8 Å². The highest BCUT2D eigenvalue weighted by atomic mass is 32.2. The maximum Gasteiger partial charge on any atom is 0.343 e. The van der Waals surface area contributed by atoms with Crippen molar-refractivity contribution in [2.75, 3.05) is 19.0 Å². The quantitative estimate of drug-likeness (QED) is 0.261. The molecule has 0 spiro atoms. The molecule has 37 heavy (non-hydrogen) atoms. The van der Waals surface area contributed by atoms with Crippen molar-refractivity contribution in [3.63, 3.8) is 0 Å². The average molecular weight is 517 g/mol. The maximum absolute atomic E-state index is 12.8. The van der Waals surface area contributed by atoms with Gasteiger partial charge in [0.15, 0.2) is 0 Å². The Hall–Kier alpha value is -4.37. The van der Waals surface area contributed by atoms with E-state index in [1.807, 2.05) is 32.0 Å². The van der Waals surface area contributed by atoms with Gasteiger partial charge in [-0.15, -0.1) is 0 Å². The Kier molecular flexibility index (Phi) is 7.74. The van der Waals surface area contributed by atoms with Crippen LogP contribution in [-0.2, 0) is 9.59 Å². The molecule has 9 heteroatoms. The predicted molar refractivity (Wildman–Crippen MR) is 142 cm³/mol. The van der Waals surface area contributed by atoms with E-state index in [9.17, 15) is 19.2 Å². The second-order valence-corrected chi connectivity index (χ2v) is 9.31. The Bertz CT molecular complexity index is 1400. The van der Waals surface area contributed by atoms with Gasteiger partial charge in [0.2, 0.25) is 5.91 Å². The number of nitrogens with one attached hydrogen (secondary N) is 1. The number of thioether (sulfide) groups is 1. The molecule has 1 fully saturated rings. The van der Waals surface area contributed by atoms with Gasteiger partial charge in [-0.25, -0.2) is 4.79 Å². The van der Waals surface area contributed by atoms with Crippen molar-refractivity contribution in [3.05, 3.63) is 93.9 Å². The molecular formula is C28H24N2O6S. The van der Waals surface area contributed by atoms with Crippen LogP contribution in [0.1, 0.15) is 27.0 Å². The zero-order valence-corrected chi connectivity index (χ0v) is 21.3. The number of nitrogens with zero attached hydrogens (tertiary/aromatic N) is 1. The first kappa shape index (κ1) is 25.7. The van der Waals surface area contributed by atoms with Gasteiger partial charge in [0.1, 0.15) is 18.0 Å². The summed E-state index contributed by atoms with van der Waals surface area (Å²) in [7, 11) is 1.54. The molecule has 1 saturated heterocycles. The van der Waals surface area contributed by atoms with Gasteiger partial charge < -0.3 is 14.8 Å². The molecule has 3 aromatic rings. The summed E-state index contributed by atoms with van der Waals surface area (Å²) in [4.78, 5) is 51.2. The lowest BCUT2D eigenvalue weighted by Crippen LogP contribution is -2.36. The number of benzene rings is 3. The van der Waals surface area contributed by atoms with E-state index in [2.05, 4.69) is 5.32 Å². The number of methoxy groups -OCH3 is 1. The van der Waals surface area contributed by atoms with E-state index in [0.29, 0.717) is 28.3 Å². The van der Waals surface area contributed by atoms with Crippen molar-refractivity contribution >= 4 is 46.5 Å². The van der Waals surface area contributed by atoms with Crippen molar-refractivity contribution < 1.29 is 28.7 Å². The van der Waals surface area contributed by atoms with Crippen molar-refractivity contribution in [2.45, 2.75) is 13.8 Å². The second kappa shape index (κ2) is 11.1. The normalized spacial score (nSPS) is 14.1. The number of aryl methyl sites for hydroxylation is 2. The maximum atomic E-state index is 12.8. The van der Waals surface area contributed by atoms with E-state index in [0.717, 1.165) is 27.8 Å². The number of hydrogen-bond donors (Lipinski definition) is 1. The number of imide groups is 1. The summed E-state index contributed by atoms with van der Waals surface area (Å²) >= 11 is 0.769. The summed E-state index contributed by atoms with van der Waals surface area (Å²) in [6.07, 6.45) is 1.56. The Morgan fingerprint density at radius 1 is 0.946 bits per heavy atom. The number of amides is 3. The summed E-state index contributed by atoms with van der Waals surface area (Å²) in [6, 6.07) is 18.7. The van der Waals surface area contributed by atoms with E-state index in [1.165, 1.54) is 0 Å². The smallest absolute Gasteiger partial charge is 0.343 e. The minimum atomic E-state index is -0.541. The van der Waals surface area contributed by atoms with Crippen molar-refractivity contribution in [3.8, 4) is 11.5 Å². The number of rotatable bonds is 7. The van der Waals surface area contributed by atoms with E-state index >= 15 is 0 Å². The molecule has 1 heterocycles. The zero-order chi connectivity index (χ0) is 26.5. The van der Waals surface area contributed by atoms with E-state index in [4.69, 9.17) is 9.47 Å². The summed E-state index contributed by atoms with van der Waals surface area (Å²) < 4.78 is 10.5. The SMILES string of the molecule is COc1ccc(C(=O)Oc2ccc(/C=C3/SC(=O)N(CC(=O)Nc4cc(C)ccc4C)C3=O)cc2)cc1. The molecule has 0 bridgehead atoms. The summed E-state index contributed by atoms with van der Waals surface area (Å²) in [5, 5.41) is 2.25. The lowest BCUT2D eigenvalue weighted by Gasteiger charge is -2.14. The number of anilines is 1. The fourth-order valence-electron chi connectivity index (χ4n) is 3.52. The fourth-order valence-corrected chi connectivity index (χ4v) is 4.35. The first-order chi connectivity index (χ1) is 17.7. The Morgan fingerprint density at radius 3 is 2.30 bits per heavy atom. The third-order valence-corrected chi connectivity index (χ3v) is 6.46. The molecule has 0 aromatic heterocycles. The Morgan fingerprint density at radius 2 is 1.62 bits per heavy atom. The average Bonchev–Trinajstić information content (AvgIpc) is 3.14. The van der Waals surface area contributed by atoms with Gasteiger partial charge in [0.05, 0.1) is 17.6 Å². The van der Waals surface area contributed by atoms with Gasteiger partial charge in [-0.2, -0.15) is 0 Å². The molecule has 188 valence electrons. The molecule has 0 atom stereocenters. The molecule has 1 aliphatic heterocycles. The molecule has 8 nitrogen and oxygen atoms in total. The van der Waals surface area contributed by atoms with Gasteiger partial charge in [0, 0.05) is 5.69 Å². The molecule has 0 unspecified atom stereocenters. The molecule has 3 aromatic carbocycles. The Balaban J connectivity index is 1.38. The van der Waals surface area contributed by atoms with Crippen LogP contribution in [0.4, 0.5) is 10.5 Å². The zero-order valence-electron chi connectivity index (χ0n) is 20.4. The summed E-state index contributed by atoms with van der Waals surface area (Å²) in [5.41, 5.74) is 3.51. The number of carbonyl (C=O) groups excluding carboxylic acids is 4. The molecule has 1 N–H and O–H groups in total. The summed E-state index contributed by atoms with van der Waals surface area (Å²) in [6.45, 7) is 3.40. The van der Waals surface area contributed by atoms with Gasteiger partial charge in [0.25, 0.3) is 11.1 Å². The number of hydrogen-bond acceptors (Lipinski definition) is 7. The standard InChI is InChI=1S/C28H24N2O6S/c1-17-4-5-18(2)23(14-17)29-25(31)16-30-26(32)24(37-28(30)34)15-19-6-10-22(11-7-19)36-27(33)20-8-12-21(35-3)13-9-20/h4-15H,16H2,1-3H3,(H,29,31)/b24-15+. The highest BCUT2D eigenvalue weighted by Gasteiger charge is 2.36. The van der Waals surface area contributed by atoms with Gasteiger partial charge in [-0.05, 0) is 90.8 Å². The van der Waals surface area contributed by atoms with Crippen LogP contribution < -0.4 is 14.8 Å². The van der Waals surface area contributed by atoms with E-state index in [1.54, 1.807) is 61.7 Å². The number of esters is 1. The Labute approximate surface area is 218 Å².